The second-order valence-corrected chi connectivity index (χ2v) is 5.49. The Morgan fingerprint density at radius 3 is 2.64 bits per heavy atom. The molecule has 0 radical (unpaired) electrons. The van der Waals surface area contributed by atoms with Crippen molar-refractivity contribution in [2.75, 3.05) is 33.2 Å². The lowest BCUT2D eigenvalue weighted by atomic mass is 9.93. The smallest absolute Gasteiger partial charge is 0.00449 e. The molecular weight excluding hydrogens is 172 g/mol. The topological polar surface area (TPSA) is 15.3 Å². The second-order valence-electron chi connectivity index (χ2n) is 5.49. The molecule has 0 aromatic rings. The molecule has 1 heterocycles. The third-order valence-corrected chi connectivity index (χ3v) is 3.25. The summed E-state index contributed by atoms with van der Waals surface area (Å²) in [7, 11) is 2.04. The van der Waals surface area contributed by atoms with Crippen LogP contribution in [0.2, 0.25) is 0 Å². The molecule has 0 aromatic carbocycles. The molecule has 1 N–H and O–H groups in total. The fraction of sp³-hybridized carbons (Fsp3) is 1.00. The van der Waals surface area contributed by atoms with E-state index in [1.807, 2.05) is 7.05 Å². The van der Waals surface area contributed by atoms with Crippen LogP contribution in [-0.4, -0.2) is 38.1 Å². The van der Waals surface area contributed by atoms with E-state index in [1.54, 1.807) is 0 Å². The molecule has 0 aliphatic carbocycles. The molecule has 0 amide bonds. The Morgan fingerprint density at radius 1 is 1.43 bits per heavy atom. The predicted octanol–water partition coefficient (Wildman–Crippen LogP) is 1.96. The zero-order chi connectivity index (χ0) is 10.6. The standard InChI is InChI=1S/C12H26N2/c1-5-11-6-7-14(8-11)10-12(2,3)9-13-4/h11,13H,5-10H2,1-4H3. The zero-order valence-corrected chi connectivity index (χ0v) is 10.3. The van der Waals surface area contributed by atoms with E-state index in [0.717, 1.165) is 12.5 Å². The fourth-order valence-electron chi connectivity index (χ4n) is 2.53. The highest BCUT2D eigenvalue weighted by Gasteiger charge is 2.26. The van der Waals surface area contributed by atoms with E-state index in [4.69, 9.17) is 0 Å². The molecule has 0 aromatic heterocycles. The first-order valence-electron chi connectivity index (χ1n) is 5.94. The Kier molecular flexibility index (Phi) is 4.39. The zero-order valence-electron chi connectivity index (χ0n) is 10.3. The SMILES string of the molecule is CCC1CCN(CC(C)(C)CNC)C1. The van der Waals surface area contributed by atoms with E-state index in [0.29, 0.717) is 5.41 Å². The summed E-state index contributed by atoms with van der Waals surface area (Å²) in [5, 5.41) is 3.28. The quantitative estimate of drug-likeness (QED) is 0.726. The lowest BCUT2D eigenvalue weighted by molar-refractivity contribution is 0.201. The molecule has 1 rings (SSSR count). The van der Waals surface area contributed by atoms with Crippen LogP contribution in [0.25, 0.3) is 0 Å². The van der Waals surface area contributed by atoms with Gasteiger partial charge in [0, 0.05) is 19.6 Å². The summed E-state index contributed by atoms with van der Waals surface area (Å²) in [5.41, 5.74) is 0.414. The number of nitrogens with one attached hydrogen (secondary N) is 1. The van der Waals surface area contributed by atoms with E-state index < -0.39 is 0 Å². The van der Waals surface area contributed by atoms with Crippen molar-refractivity contribution in [3.8, 4) is 0 Å². The molecule has 1 aliphatic heterocycles. The largest absolute Gasteiger partial charge is 0.319 e. The average molecular weight is 198 g/mol. The molecule has 2 heteroatoms. The minimum Gasteiger partial charge on any atom is -0.319 e. The molecule has 84 valence electrons. The van der Waals surface area contributed by atoms with Gasteiger partial charge in [-0.3, -0.25) is 0 Å². The van der Waals surface area contributed by atoms with E-state index in [1.165, 1.54) is 32.5 Å². The highest BCUT2D eigenvalue weighted by Crippen LogP contribution is 2.23. The number of likely N-dealkylation sites (tertiary alicyclic amines) is 1. The van der Waals surface area contributed by atoms with Gasteiger partial charge >= 0.3 is 0 Å². The maximum Gasteiger partial charge on any atom is 0.00449 e. The first-order chi connectivity index (χ1) is 6.57. The summed E-state index contributed by atoms with van der Waals surface area (Å²) in [6, 6.07) is 0. The van der Waals surface area contributed by atoms with Gasteiger partial charge in [-0.05, 0) is 31.3 Å². The van der Waals surface area contributed by atoms with Crippen LogP contribution < -0.4 is 5.32 Å². The van der Waals surface area contributed by atoms with Gasteiger partial charge in [-0.25, -0.2) is 0 Å². The summed E-state index contributed by atoms with van der Waals surface area (Å²) < 4.78 is 0. The van der Waals surface area contributed by atoms with Crippen LogP contribution in [0.15, 0.2) is 0 Å². The van der Waals surface area contributed by atoms with Crippen LogP contribution in [0.4, 0.5) is 0 Å². The van der Waals surface area contributed by atoms with Crippen molar-refractivity contribution in [3.63, 3.8) is 0 Å². The van der Waals surface area contributed by atoms with Crippen LogP contribution in [0.3, 0.4) is 0 Å². The molecule has 2 nitrogen and oxygen atoms in total. The number of nitrogens with zero attached hydrogens (tertiary/aromatic N) is 1. The molecular formula is C12H26N2. The van der Waals surface area contributed by atoms with E-state index >= 15 is 0 Å². The van der Waals surface area contributed by atoms with Crippen molar-refractivity contribution in [1.29, 1.82) is 0 Å². The van der Waals surface area contributed by atoms with Crippen LogP contribution in [0.1, 0.15) is 33.6 Å². The molecule has 1 atom stereocenters. The van der Waals surface area contributed by atoms with E-state index in [-0.39, 0.29) is 0 Å². The first kappa shape index (κ1) is 12.0. The predicted molar refractivity (Wildman–Crippen MR) is 62.5 cm³/mol. The monoisotopic (exact) mass is 198 g/mol. The average Bonchev–Trinajstić information content (AvgIpc) is 2.51. The van der Waals surface area contributed by atoms with Crippen molar-refractivity contribution in [1.82, 2.24) is 10.2 Å². The summed E-state index contributed by atoms with van der Waals surface area (Å²) in [4.78, 5) is 2.63. The van der Waals surface area contributed by atoms with Crippen molar-refractivity contribution in [2.45, 2.75) is 33.6 Å². The minimum absolute atomic E-state index is 0.414. The molecule has 1 saturated heterocycles. The van der Waals surface area contributed by atoms with Gasteiger partial charge in [-0.15, -0.1) is 0 Å². The molecule has 1 unspecified atom stereocenters. The number of hydrogen-bond donors (Lipinski definition) is 1. The Balaban J connectivity index is 2.31. The number of hydrogen-bond acceptors (Lipinski definition) is 2. The first-order valence-corrected chi connectivity index (χ1v) is 5.94. The summed E-state index contributed by atoms with van der Waals surface area (Å²) in [6.45, 7) is 12.0. The van der Waals surface area contributed by atoms with Crippen molar-refractivity contribution < 1.29 is 0 Å². The fourth-order valence-corrected chi connectivity index (χ4v) is 2.53. The number of rotatable bonds is 5. The minimum atomic E-state index is 0.414. The lowest BCUT2D eigenvalue weighted by Crippen LogP contribution is -2.38. The van der Waals surface area contributed by atoms with Gasteiger partial charge < -0.3 is 10.2 Å². The van der Waals surface area contributed by atoms with Gasteiger partial charge in [0.05, 0.1) is 0 Å². The summed E-state index contributed by atoms with van der Waals surface area (Å²) >= 11 is 0. The lowest BCUT2D eigenvalue weighted by Gasteiger charge is -2.30. The maximum atomic E-state index is 3.28. The molecule has 1 fully saturated rings. The Hall–Kier alpha value is -0.0800. The van der Waals surface area contributed by atoms with E-state index in [2.05, 4.69) is 31.0 Å². The van der Waals surface area contributed by atoms with Crippen LogP contribution >= 0.6 is 0 Å². The van der Waals surface area contributed by atoms with Crippen LogP contribution in [0, 0.1) is 11.3 Å². The van der Waals surface area contributed by atoms with Gasteiger partial charge in [0.15, 0.2) is 0 Å². The third-order valence-electron chi connectivity index (χ3n) is 3.25. The van der Waals surface area contributed by atoms with Gasteiger partial charge in [0.1, 0.15) is 0 Å². The Bertz CT molecular complexity index is 166. The second kappa shape index (κ2) is 5.13. The van der Waals surface area contributed by atoms with Crippen LogP contribution in [0.5, 0.6) is 0 Å². The Labute approximate surface area is 89.1 Å². The summed E-state index contributed by atoms with van der Waals surface area (Å²) in [5.74, 6) is 0.959. The molecule has 0 bridgehead atoms. The normalized spacial score (nSPS) is 24.4. The van der Waals surface area contributed by atoms with Crippen molar-refractivity contribution >= 4 is 0 Å². The summed E-state index contributed by atoms with van der Waals surface area (Å²) in [6.07, 6.45) is 2.76. The van der Waals surface area contributed by atoms with E-state index in [9.17, 15) is 0 Å². The highest BCUT2D eigenvalue weighted by atomic mass is 15.2. The van der Waals surface area contributed by atoms with Gasteiger partial charge in [-0.1, -0.05) is 27.2 Å². The molecule has 14 heavy (non-hydrogen) atoms. The van der Waals surface area contributed by atoms with Gasteiger partial charge in [0.25, 0.3) is 0 Å². The van der Waals surface area contributed by atoms with Crippen molar-refractivity contribution in [3.05, 3.63) is 0 Å². The third kappa shape index (κ3) is 3.58. The molecule has 0 saturated carbocycles. The van der Waals surface area contributed by atoms with Crippen LogP contribution in [-0.2, 0) is 0 Å². The van der Waals surface area contributed by atoms with Gasteiger partial charge in [0.2, 0.25) is 0 Å². The maximum absolute atomic E-state index is 3.28. The highest BCUT2D eigenvalue weighted by molar-refractivity contribution is 4.81. The Morgan fingerprint density at radius 2 is 2.14 bits per heavy atom. The van der Waals surface area contributed by atoms with Gasteiger partial charge in [-0.2, -0.15) is 0 Å². The molecule has 0 spiro atoms. The molecule has 1 aliphatic rings. The van der Waals surface area contributed by atoms with Crippen molar-refractivity contribution in [2.24, 2.45) is 11.3 Å².